The summed E-state index contributed by atoms with van der Waals surface area (Å²) in [6.45, 7) is 3.96. The summed E-state index contributed by atoms with van der Waals surface area (Å²) < 4.78 is 0. The molecule has 0 aliphatic rings. The predicted molar refractivity (Wildman–Crippen MR) is 88.2 cm³/mol. The van der Waals surface area contributed by atoms with Crippen molar-refractivity contribution < 1.29 is 5.11 Å². The van der Waals surface area contributed by atoms with Gasteiger partial charge in [-0.3, -0.25) is 0 Å². The molecule has 2 aromatic carbocycles. The molecule has 2 heteroatoms. The van der Waals surface area contributed by atoms with E-state index in [0.717, 1.165) is 12.8 Å². The second kappa shape index (κ2) is 8.40. The van der Waals surface area contributed by atoms with Gasteiger partial charge in [0.2, 0.25) is 0 Å². The van der Waals surface area contributed by atoms with Gasteiger partial charge in [-0.15, -0.1) is 6.58 Å². The van der Waals surface area contributed by atoms with Crippen LogP contribution in [-0.4, -0.2) is 17.8 Å². The van der Waals surface area contributed by atoms with Crippen LogP contribution in [-0.2, 0) is 6.42 Å². The largest absolute Gasteiger partial charge is 0.395 e. The summed E-state index contributed by atoms with van der Waals surface area (Å²) in [5.41, 5.74) is 2.46. The van der Waals surface area contributed by atoms with Crippen LogP contribution in [0.5, 0.6) is 0 Å². The Balaban J connectivity index is 2.05. The first-order chi connectivity index (χ1) is 10.3. The molecule has 0 aromatic heterocycles. The standard InChI is InChI=1S/C19H23NO/c1-2-9-19(17-12-7-4-8-13-17)20-18(15-21)14-16-10-5-3-6-11-16/h2-8,10-13,18-21H,1,9,14-15H2/t18-,19+/m0/s1. The normalized spacial score (nSPS) is 13.6. The Hall–Kier alpha value is -1.90. The molecular formula is C19H23NO. The summed E-state index contributed by atoms with van der Waals surface area (Å²) >= 11 is 0. The van der Waals surface area contributed by atoms with E-state index in [4.69, 9.17) is 0 Å². The summed E-state index contributed by atoms with van der Waals surface area (Å²) in [7, 11) is 0. The number of rotatable bonds is 8. The number of aliphatic hydroxyl groups is 1. The summed E-state index contributed by atoms with van der Waals surface area (Å²) in [5.74, 6) is 0. The van der Waals surface area contributed by atoms with Gasteiger partial charge < -0.3 is 10.4 Å². The fraction of sp³-hybridized carbons (Fsp3) is 0.263. The lowest BCUT2D eigenvalue weighted by Gasteiger charge is -2.24. The van der Waals surface area contributed by atoms with E-state index in [1.165, 1.54) is 11.1 Å². The first-order valence-electron chi connectivity index (χ1n) is 7.40. The minimum atomic E-state index is 0.0394. The third-order valence-electron chi connectivity index (χ3n) is 3.59. The van der Waals surface area contributed by atoms with Gasteiger partial charge in [0.05, 0.1) is 6.61 Å². The molecule has 0 saturated carbocycles. The van der Waals surface area contributed by atoms with E-state index in [2.05, 4.69) is 36.2 Å². The van der Waals surface area contributed by atoms with E-state index >= 15 is 0 Å². The van der Waals surface area contributed by atoms with Crippen molar-refractivity contribution in [1.29, 1.82) is 0 Å². The van der Waals surface area contributed by atoms with Crippen LogP contribution in [0.3, 0.4) is 0 Å². The number of hydrogen-bond acceptors (Lipinski definition) is 2. The van der Waals surface area contributed by atoms with Crippen LogP contribution < -0.4 is 5.32 Å². The monoisotopic (exact) mass is 281 g/mol. The number of nitrogens with one attached hydrogen (secondary N) is 1. The molecule has 0 aliphatic heterocycles. The van der Waals surface area contributed by atoms with E-state index in [1.54, 1.807) is 0 Å². The maximum Gasteiger partial charge on any atom is 0.0588 e. The molecular weight excluding hydrogens is 258 g/mol. The fourth-order valence-electron chi connectivity index (χ4n) is 2.51. The van der Waals surface area contributed by atoms with Crippen molar-refractivity contribution in [2.24, 2.45) is 0 Å². The number of hydrogen-bond donors (Lipinski definition) is 2. The SMILES string of the molecule is C=CC[C@@H](N[C@H](CO)Cc1ccccc1)c1ccccc1. The predicted octanol–water partition coefficient (Wildman–Crippen LogP) is 3.50. The summed E-state index contributed by atoms with van der Waals surface area (Å²) in [4.78, 5) is 0. The summed E-state index contributed by atoms with van der Waals surface area (Å²) in [5, 5.41) is 13.2. The van der Waals surface area contributed by atoms with Gasteiger partial charge in [-0.05, 0) is 24.0 Å². The Morgan fingerprint density at radius 3 is 2.19 bits per heavy atom. The van der Waals surface area contributed by atoms with Gasteiger partial charge in [0.15, 0.2) is 0 Å². The molecule has 0 aliphatic carbocycles. The molecule has 0 saturated heterocycles. The minimum absolute atomic E-state index is 0.0394. The van der Waals surface area contributed by atoms with Crippen molar-refractivity contribution in [1.82, 2.24) is 5.32 Å². The highest BCUT2D eigenvalue weighted by molar-refractivity contribution is 5.21. The van der Waals surface area contributed by atoms with Gasteiger partial charge in [-0.25, -0.2) is 0 Å². The van der Waals surface area contributed by atoms with E-state index in [0.29, 0.717) is 0 Å². The van der Waals surface area contributed by atoms with Crippen molar-refractivity contribution in [3.05, 3.63) is 84.4 Å². The Morgan fingerprint density at radius 1 is 1.00 bits per heavy atom. The average Bonchev–Trinajstić information content (AvgIpc) is 2.55. The molecule has 0 amide bonds. The average molecular weight is 281 g/mol. The molecule has 0 fully saturated rings. The molecule has 0 bridgehead atoms. The summed E-state index contributed by atoms with van der Waals surface area (Å²) in [6, 6.07) is 20.8. The molecule has 2 atom stereocenters. The molecule has 110 valence electrons. The molecule has 0 unspecified atom stereocenters. The Kier molecular flexibility index (Phi) is 6.20. The Bertz CT molecular complexity index is 524. The molecule has 2 N–H and O–H groups in total. The molecule has 21 heavy (non-hydrogen) atoms. The Labute approximate surface area is 127 Å². The van der Waals surface area contributed by atoms with Crippen LogP contribution in [0.15, 0.2) is 73.3 Å². The third kappa shape index (κ3) is 4.85. The first kappa shape index (κ1) is 15.5. The summed E-state index contributed by atoms with van der Waals surface area (Å²) in [6.07, 6.45) is 3.58. The van der Waals surface area contributed by atoms with Gasteiger partial charge in [0, 0.05) is 12.1 Å². The van der Waals surface area contributed by atoms with Crippen LogP contribution >= 0.6 is 0 Å². The maximum absolute atomic E-state index is 9.66. The van der Waals surface area contributed by atoms with Gasteiger partial charge in [0.1, 0.15) is 0 Å². The van der Waals surface area contributed by atoms with Gasteiger partial charge >= 0.3 is 0 Å². The molecule has 2 nitrogen and oxygen atoms in total. The van der Waals surface area contributed by atoms with Crippen molar-refractivity contribution in [3.8, 4) is 0 Å². The molecule has 2 rings (SSSR count). The van der Waals surface area contributed by atoms with Crippen LogP contribution in [0.2, 0.25) is 0 Å². The smallest absolute Gasteiger partial charge is 0.0588 e. The van der Waals surface area contributed by atoms with Crippen molar-refractivity contribution in [3.63, 3.8) is 0 Å². The van der Waals surface area contributed by atoms with Gasteiger partial charge in [-0.2, -0.15) is 0 Å². The maximum atomic E-state index is 9.66. The zero-order valence-electron chi connectivity index (χ0n) is 12.3. The molecule has 0 radical (unpaired) electrons. The minimum Gasteiger partial charge on any atom is -0.395 e. The third-order valence-corrected chi connectivity index (χ3v) is 3.59. The first-order valence-corrected chi connectivity index (χ1v) is 7.40. The lowest BCUT2D eigenvalue weighted by molar-refractivity contribution is 0.230. The van der Waals surface area contributed by atoms with E-state index in [-0.39, 0.29) is 18.7 Å². The highest BCUT2D eigenvalue weighted by Gasteiger charge is 2.15. The van der Waals surface area contributed by atoms with Crippen molar-refractivity contribution in [2.75, 3.05) is 6.61 Å². The lowest BCUT2D eigenvalue weighted by Crippen LogP contribution is -2.37. The number of aliphatic hydroxyl groups excluding tert-OH is 1. The fourth-order valence-corrected chi connectivity index (χ4v) is 2.51. The molecule has 2 aromatic rings. The van der Waals surface area contributed by atoms with Crippen LogP contribution in [0.1, 0.15) is 23.6 Å². The number of benzene rings is 2. The topological polar surface area (TPSA) is 32.3 Å². The Morgan fingerprint density at radius 2 is 1.62 bits per heavy atom. The quantitative estimate of drug-likeness (QED) is 0.726. The molecule has 0 heterocycles. The van der Waals surface area contributed by atoms with Crippen LogP contribution in [0.25, 0.3) is 0 Å². The zero-order valence-corrected chi connectivity index (χ0v) is 12.3. The second-order valence-corrected chi connectivity index (χ2v) is 5.22. The highest BCUT2D eigenvalue weighted by atomic mass is 16.3. The van der Waals surface area contributed by atoms with Gasteiger partial charge in [-0.1, -0.05) is 66.7 Å². The van der Waals surface area contributed by atoms with Crippen LogP contribution in [0.4, 0.5) is 0 Å². The second-order valence-electron chi connectivity index (χ2n) is 5.22. The van der Waals surface area contributed by atoms with Gasteiger partial charge in [0.25, 0.3) is 0 Å². The van der Waals surface area contributed by atoms with Crippen LogP contribution in [0, 0.1) is 0 Å². The van der Waals surface area contributed by atoms with Crippen molar-refractivity contribution >= 4 is 0 Å². The van der Waals surface area contributed by atoms with E-state index in [9.17, 15) is 5.11 Å². The molecule has 0 spiro atoms. The lowest BCUT2D eigenvalue weighted by atomic mass is 10.0. The van der Waals surface area contributed by atoms with Crippen molar-refractivity contribution in [2.45, 2.75) is 24.9 Å². The highest BCUT2D eigenvalue weighted by Crippen LogP contribution is 2.18. The zero-order chi connectivity index (χ0) is 14.9. The van der Waals surface area contributed by atoms with E-state index in [1.807, 2.05) is 42.5 Å². The van der Waals surface area contributed by atoms with E-state index < -0.39 is 0 Å².